The fourth-order valence-corrected chi connectivity index (χ4v) is 1.76. The zero-order chi connectivity index (χ0) is 10.8. The van der Waals surface area contributed by atoms with Gasteiger partial charge >= 0.3 is 0 Å². The van der Waals surface area contributed by atoms with Gasteiger partial charge in [-0.3, -0.25) is 10.1 Å². The normalized spacial score (nSPS) is 17.1. The Morgan fingerprint density at radius 3 is 2.36 bits per heavy atom. The predicted octanol–water partition coefficient (Wildman–Crippen LogP) is 3.51. The van der Waals surface area contributed by atoms with E-state index < -0.39 is 4.45 Å². The first-order chi connectivity index (χ1) is 6.46. The molecule has 0 amide bonds. The van der Waals surface area contributed by atoms with Crippen LogP contribution in [0, 0.1) is 10.1 Å². The molecule has 0 aliphatic heterocycles. The lowest BCUT2D eigenvalue weighted by atomic mass is 10.1. The molecular weight excluding hydrogens is 314 g/mol. The summed E-state index contributed by atoms with van der Waals surface area (Å²) >= 11 is 6.42. The van der Waals surface area contributed by atoms with Gasteiger partial charge in [0.2, 0.25) is 0 Å². The Kier molecular flexibility index (Phi) is 3.66. The minimum absolute atomic E-state index is 0.348. The van der Waals surface area contributed by atoms with Crippen molar-refractivity contribution in [1.29, 1.82) is 0 Å². The number of nitro groups is 1. The van der Waals surface area contributed by atoms with Crippen molar-refractivity contribution < 1.29 is 4.92 Å². The van der Waals surface area contributed by atoms with Crippen LogP contribution in [0.4, 0.5) is 0 Å². The molecule has 0 saturated carbocycles. The number of halogens is 2. The van der Waals surface area contributed by atoms with Crippen molar-refractivity contribution in [2.75, 3.05) is 0 Å². The first kappa shape index (κ1) is 11.7. The number of alkyl halides is 2. The molecule has 0 radical (unpaired) electrons. The zero-order valence-electron chi connectivity index (χ0n) is 7.48. The van der Waals surface area contributed by atoms with Crippen LogP contribution in [-0.2, 0) is 0 Å². The van der Waals surface area contributed by atoms with E-state index in [0.29, 0.717) is 0 Å². The number of hydrogen-bond donors (Lipinski definition) is 0. The summed E-state index contributed by atoms with van der Waals surface area (Å²) in [6, 6.07) is 9.28. The Hall–Kier alpha value is -0.420. The molecule has 1 rings (SSSR count). The van der Waals surface area contributed by atoms with E-state index in [4.69, 9.17) is 0 Å². The van der Waals surface area contributed by atoms with E-state index in [2.05, 4.69) is 31.9 Å². The maximum absolute atomic E-state index is 10.8. The molecule has 76 valence electrons. The third-order valence-corrected chi connectivity index (χ3v) is 4.69. The smallest absolute Gasteiger partial charge is 0.263 e. The molecule has 0 aliphatic carbocycles. The van der Waals surface area contributed by atoms with Crippen molar-refractivity contribution in [3.8, 4) is 0 Å². The number of hydrogen-bond acceptors (Lipinski definition) is 2. The summed E-state index contributed by atoms with van der Waals surface area (Å²) in [5, 5.41) is 10.8. The van der Waals surface area contributed by atoms with Crippen LogP contribution in [0.5, 0.6) is 0 Å². The average Bonchev–Trinajstić information content (AvgIpc) is 2.17. The van der Waals surface area contributed by atoms with Crippen molar-refractivity contribution in [3.63, 3.8) is 0 Å². The molecule has 14 heavy (non-hydrogen) atoms. The van der Waals surface area contributed by atoms with Crippen molar-refractivity contribution in [2.24, 2.45) is 0 Å². The van der Waals surface area contributed by atoms with Gasteiger partial charge in [-0.25, -0.2) is 0 Å². The van der Waals surface area contributed by atoms with Gasteiger partial charge in [-0.05, 0) is 5.56 Å². The third kappa shape index (κ3) is 2.33. The topological polar surface area (TPSA) is 43.1 Å². The minimum Gasteiger partial charge on any atom is -0.263 e. The molecule has 3 nitrogen and oxygen atoms in total. The zero-order valence-corrected chi connectivity index (χ0v) is 10.7. The van der Waals surface area contributed by atoms with Crippen molar-refractivity contribution in [2.45, 2.75) is 16.2 Å². The van der Waals surface area contributed by atoms with Crippen LogP contribution >= 0.6 is 31.9 Å². The molecule has 0 fully saturated rings. The van der Waals surface area contributed by atoms with E-state index >= 15 is 0 Å². The molecular formula is C9H9Br2NO2. The maximum atomic E-state index is 10.8. The summed E-state index contributed by atoms with van der Waals surface area (Å²) < 4.78 is -1.19. The van der Waals surface area contributed by atoms with E-state index in [-0.39, 0.29) is 9.75 Å². The molecule has 0 aliphatic rings. The van der Waals surface area contributed by atoms with Gasteiger partial charge in [0.25, 0.3) is 4.45 Å². The first-order valence-corrected chi connectivity index (χ1v) is 5.69. The van der Waals surface area contributed by atoms with E-state index in [1.165, 1.54) is 6.92 Å². The molecule has 1 aromatic rings. The fourth-order valence-electron chi connectivity index (χ4n) is 1.02. The van der Waals surface area contributed by atoms with Crippen molar-refractivity contribution >= 4 is 31.9 Å². The quantitative estimate of drug-likeness (QED) is 0.370. The highest BCUT2D eigenvalue weighted by molar-refractivity contribution is 9.12. The summed E-state index contributed by atoms with van der Waals surface area (Å²) in [7, 11) is 0. The number of benzene rings is 1. The second-order valence-corrected chi connectivity index (χ2v) is 5.58. The monoisotopic (exact) mass is 321 g/mol. The van der Waals surface area contributed by atoms with Gasteiger partial charge in [0.05, 0.1) is 0 Å². The Morgan fingerprint density at radius 1 is 1.43 bits per heavy atom. The maximum Gasteiger partial charge on any atom is 0.288 e. The Labute approximate surface area is 98.9 Å². The summed E-state index contributed by atoms with van der Waals surface area (Å²) in [6.45, 7) is 1.53. The van der Waals surface area contributed by atoms with Gasteiger partial charge in [-0.15, -0.1) is 0 Å². The largest absolute Gasteiger partial charge is 0.288 e. The number of rotatable bonds is 3. The second-order valence-electron chi connectivity index (χ2n) is 3.05. The second kappa shape index (κ2) is 4.40. The minimum atomic E-state index is -1.19. The molecule has 1 aromatic carbocycles. The lowest BCUT2D eigenvalue weighted by Gasteiger charge is -2.19. The Bertz CT molecular complexity index is 327. The van der Waals surface area contributed by atoms with E-state index in [1.54, 1.807) is 0 Å². The van der Waals surface area contributed by atoms with Gasteiger partial charge in [0.15, 0.2) is 0 Å². The fraction of sp³-hybridized carbons (Fsp3) is 0.333. The van der Waals surface area contributed by atoms with Crippen LogP contribution in [0.1, 0.15) is 17.3 Å². The Balaban J connectivity index is 2.96. The standard InChI is InChI=1S/C9H9Br2NO2/c1-9(11,12(13)14)8(10)7-5-3-2-4-6-7/h2-6,8H,1H3/t8-,9+/m0/s1. The van der Waals surface area contributed by atoms with E-state index in [0.717, 1.165) is 5.56 Å². The van der Waals surface area contributed by atoms with Crippen LogP contribution in [0.15, 0.2) is 30.3 Å². The molecule has 0 unspecified atom stereocenters. The van der Waals surface area contributed by atoms with E-state index in [9.17, 15) is 10.1 Å². The average molecular weight is 323 g/mol. The molecule has 0 spiro atoms. The highest BCUT2D eigenvalue weighted by atomic mass is 79.9. The third-order valence-electron chi connectivity index (χ3n) is 1.91. The lowest BCUT2D eigenvalue weighted by Crippen LogP contribution is -2.31. The van der Waals surface area contributed by atoms with Gasteiger partial charge in [-0.1, -0.05) is 46.3 Å². The molecule has 0 heterocycles. The lowest BCUT2D eigenvalue weighted by molar-refractivity contribution is -0.530. The predicted molar refractivity (Wildman–Crippen MR) is 62.4 cm³/mol. The summed E-state index contributed by atoms with van der Waals surface area (Å²) in [6.07, 6.45) is 0. The molecule has 0 bridgehead atoms. The van der Waals surface area contributed by atoms with Crippen LogP contribution in [0.25, 0.3) is 0 Å². The molecule has 0 aromatic heterocycles. The SMILES string of the molecule is C[C@](Br)([C@@H](Br)c1ccccc1)[N+](=O)[O-]. The van der Waals surface area contributed by atoms with Crippen LogP contribution in [0.2, 0.25) is 0 Å². The highest BCUT2D eigenvalue weighted by Crippen LogP contribution is 2.40. The van der Waals surface area contributed by atoms with Gasteiger partial charge in [0.1, 0.15) is 4.83 Å². The molecule has 0 saturated heterocycles. The Morgan fingerprint density at radius 2 is 1.93 bits per heavy atom. The summed E-state index contributed by atoms with van der Waals surface area (Å²) in [5.41, 5.74) is 0.878. The molecule has 5 heteroatoms. The van der Waals surface area contributed by atoms with Gasteiger partial charge in [0, 0.05) is 27.8 Å². The van der Waals surface area contributed by atoms with Crippen molar-refractivity contribution in [1.82, 2.24) is 0 Å². The van der Waals surface area contributed by atoms with Crippen LogP contribution in [0.3, 0.4) is 0 Å². The highest BCUT2D eigenvalue weighted by Gasteiger charge is 2.42. The summed E-state index contributed by atoms with van der Waals surface area (Å²) in [5.74, 6) is 0. The first-order valence-electron chi connectivity index (χ1n) is 3.98. The summed E-state index contributed by atoms with van der Waals surface area (Å²) in [4.78, 5) is 10.1. The molecule has 0 N–H and O–H groups in total. The van der Waals surface area contributed by atoms with E-state index in [1.807, 2.05) is 30.3 Å². The van der Waals surface area contributed by atoms with Crippen LogP contribution in [-0.4, -0.2) is 9.37 Å². The van der Waals surface area contributed by atoms with Gasteiger partial charge < -0.3 is 0 Å². The van der Waals surface area contributed by atoms with Crippen molar-refractivity contribution in [3.05, 3.63) is 46.0 Å². The number of nitrogens with zero attached hydrogens (tertiary/aromatic N) is 1. The van der Waals surface area contributed by atoms with Gasteiger partial charge in [-0.2, -0.15) is 0 Å². The van der Waals surface area contributed by atoms with Crippen LogP contribution < -0.4 is 0 Å². The molecule has 2 atom stereocenters.